The number of aromatic amines is 1. The SMILES string of the molecule is CCCc1nnc2c(=O)[nH]c3cc(C(=O)Nc4ccc(OCc5ccccc5)cc4)ccc3n12. The monoisotopic (exact) mass is 453 g/mol. The Morgan fingerprint density at radius 3 is 2.59 bits per heavy atom. The number of aromatic nitrogens is 4. The molecule has 170 valence electrons. The molecule has 8 heteroatoms. The minimum atomic E-state index is -0.342. The predicted octanol–water partition coefficient (Wildman–Crippen LogP) is 4.35. The predicted molar refractivity (Wildman–Crippen MR) is 130 cm³/mol. The lowest BCUT2D eigenvalue weighted by Gasteiger charge is -2.10. The summed E-state index contributed by atoms with van der Waals surface area (Å²) < 4.78 is 7.55. The Balaban J connectivity index is 1.33. The number of nitrogens with zero attached hydrogens (tertiary/aromatic N) is 3. The lowest BCUT2D eigenvalue weighted by molar-refractivity contribution is 0.102. The number of anilines is 1. The number of ether oxygens (including phenoxy) is 1. The summed E-state index contributed by atoms with van der Waals surface area (Å²) in [5.74, 6) is 1.16. The number of carbonyl (C=O) groups is 1. The summed E-state index contributed by atoms with van der Waals surface area (Å²) >= 11 is 0. The van der Waals surface area contributed by atoms with Crippen molar-refractivity contribution < 1.29 is 9.53 Å². The van der Waals surface area contributed by atoms with Crippen LogP contribution in [0.3, 0.4) is 0 Å². The maximum atomic E-state index is 12.9. The van der Waals surface area contributed by atoms with Crippen molar-refractivity contribution in [1.82, 2.24) is 19.6 Å². The van der Waals surface area contributed by atoms with Crippen LogP contribution in [0.25, 0.3) is 16.7 Å². The van der Waals surface area contributed by atoms with Crippen LogP contribution >= 0.6 is 0 Å². The van der Waals surface area contributed by atoms with E-state index in [9.17, 15) is 9.59 Å². The van der Waals surface area contributed by atoms with E-state index in [1.165, 1.54) is 0 Å². The van der Waals surface area contributed by atoms with Crippen molar-refractivity contribution in [2.75, 3.05) is 5.32 Å². The maximum absolute atomic E-state index is 12.9. The molecule has 0 saturated heterocycles. The molecule has 5 rings (SSSR count). The Labute approximate surface area is 195 Å². The Hall–Kier alpha value is -4.46. The average Bonchev–Trinajstić information content (AvgIpc) is 3.29. The minimum absolute atomic E-state index is 0.253. The average molecular weight is 454 g/mol. The molecule has 0 atom stereocenters. The second kappa shape index (κ2) is 9.19. The van der Waals surface area contributed by atoms with E-state index in [0.29, 0.717) is 35.5 Å². The van der Waals surface area contributed by atoms with Crippen LogP contribution in [0, 0.1) is 0 Å². The summed E-state index contributed by atoms with van der Waals surface area (Å²) in [6.07, 6.45) is 1.58. The van der Waals surface area contributed by atoms with Crippen LogP contribution in [-0.2, 0) is 13.0 Å². The molecule has 0 aliphatic carbocycles. The summed E-state index contributed by atoms with van der Waals surface area (Å²) in [6.45, 7) is 2.52. The molecule has 2 N–H and O–H groups in total. The van der Waals surface area contributed by atoms with Crippen molar-refractivity contribution in [3.8, 4) is 5.75 Å². The van der Waals surface area contributed by atoms with Gasteiger partial charge in [-0.05, 0) is 54.4 Å². The summed E-state index contributed by atoms with van der Waals surface area (Å²) in [4.78, 5) is 28.1. The van der Waals surface area contributed by atoms with Crippen LogP contribution in [0.1, 0.15) is 35.1 Å². The molecule has 0 fully saturated rings. The first-order valence-corrected chi connectivity index (χ1v) is 11.1. The third kappa shape index (κ3) is 4.25. The highest BCUT2D eigenvalue weighted by Crippen LogP contribution is 2.20. The van der Waals surface area contributed by atoms with E-state index in [2.05, 4.69) is 20.5 Å². The zero-order chi connectivity index (χ0) is 23.5. The van der Waals surface area contributed by atoms with Crippen molar-refractivity contribution in [3.63, 3.8) is 0 Å². The number of H-pyrrole nitrogens is 1. The summed E-state index contributed by atoms with van der Waals surface area (Å²) in [7, 11) is 0. The van der Waals surface area contributed by atoms with Gasteiger partial charge >= 0.3 is 0 Å². The van der Waals surface area contributed by atoms with Crippen LogP contribution in [0.4, 0.5) is 5.69 Å². The van der Waals surface area contributed by atoms with E-state index >= 15 is 0 Å². The number of hydrogen-bond acceptors (Lipinski definition) is 5. The third-order valence-electron chi connectivity index (χ3n) is 5.52. The fourth-order valence-electron chi connectivity index (χ4n) is 3.83. The zero-order valence-electron chi connectivity index (χ0n) is 18.6. The van der Waals surface area contributed by atoms with Crippen molar-refractivity contribution in [2.24, 2.45) is 0 Å². The third-order valence-corrected chi connectivity index (χ3v) is 5.52. The van der Waals surface area contributed by atoms with E-state index in [4.69, 9.17) is 4.74 Å². The van der Waals surface area contributed by atoms with Gasteiger partial charge in [-0.25, -0.2) is 0 Å². The Kier molecular flexibility index (Phi) is 5.78. The first-order valence-electron chi connectivity index (χ1n) is 11.1. The Morgan fingerprint density at radius 2 is 1.82 bits per heavy atom. The number of fused-ring (bicyclic) bond motifs is 3. The van der Waals surface area contributed by atoms with Crippen molar-refractivity contribution in [2.45, 2.75) is 26.4 Å². The highest BCUT2D eigenvalue weighted by atomic mass is 16.5. The van der Waals surface area contributed by atoms with Gasteiger partial charge in [0.15, 0.2) is 0 Å². The number of amides is 1. The van der Waals surface area contributed by atoms with E-state index in [1.807, 2.05) is 49.4 Å². The molecule has 0 radical (unpaired) electrons. The van der Waals surface area contributed by atoms with Gasteiger partial charge in [0.05, 0.1) is 11.0 Å². The summed E-state index contributed by atoms with van der Waals surface area (Å²) in [5, 5.41) is 11.1. The Bertz CT molecular complexity index is 1520. The molecule has 5 aromatic rings. The lowest BCUT2D eigenvalue weighted by atomic mass is 10.1. The van der Waals surface area contributed by atoms with E-state index in [0.717, 1.165) is 23.3 Å². The van der Waals surface area contributed by atoms with E-state index in [-0.39, 0.29) is 17.1 Å². The number of nitrogens with one attached hydrogen (secondary N) is 2. The highest BCUT2D eigenvalue weighted by Gasteiger charge is 2.14. The fraction of sp³-hybridized carbons (Fsp3) is 0.154. The number of aryl methyl sites for hydroxylation is 1. The standard InChI is InChI=1S/C26H23N5O3/c1-2-6-23-29-30-24-26(33)28-21-15-18(9-14-22(21)31(23)24)25(32)27-19-10-12-20(13-11-19)34-16-17-7-4-3-5-8-17/h3-5,7-15H,2,6,16H2,1H3,(H,27,32)(H,28,33). The number of benzene rings is 3. The van der Waals surface area contributed by atoms with Gasteiger partial charge in [-0.3, -0.25) is 14.0 Å². The van der Waals surface area contributed by atoms with Crippen LogP contribution in [0.15, 0.2) is 77.6 Å². The number of carbonyl (C=O) groups excluding carboxylic acids is 1. The molecule has 0 saturated carbocycles. The van der Waals surface area contributed by atoms with Crippen molar-refractivity contribution in [3.05, 3.63) is 100 Å². The number of rotatable bonds is 7. The smallest absolute Gasteiger partial charge is 0.294 e. The molecule has 2 aromatic heterocycles. The molecule has 2 heterocycles. The molecule has 34 heavy (non-hydrogen) atoms. The molecule has 0 unspecified atom stereocenters. The first kappa shape index (κ1) is 21.4. The molecule has 3 aromatic carbocycles. The van der Waals surface area contributed by atoms with Gasteiger partial charge in [-0.1, -0.05) is 37.3 Å². The molecule has 0 spiro atoms. The molecule has 8 nitrogen and oxygen atoms in total. The molecule has 1 amide bonds. The summed E-state index contributed by atoms with van der Waals surface area (Å²) in [5.41, 5.74) is 3.36. The van der Waals surface area contributed by atoms with Gasteiger partial charge < -0.3 is 15.0 Å². The van der Waals surface area contributed by atoms with Crippen LogP contribution in [0.5, 0.6) is 5.75 Å². The van der Waals surface area contributed by atoms with E-state index in [1.54, 1.807) is 34.7 Å². The van der Waals surface area contributed by atoms with Crippen LogP contribution < -0.4 is 15.6 Å². The summed E-state index contributed by atoms with van der Waals surface area (Å²) in [6, 6.07) is 22.3. The zero-order valence-corrected chi connectivity index (χ0v) is 18.6. The van der Waals surface area contributed by atoms with Crippen LogP contribution in [0.2, 0.25) is 0 Å². The maximum Gasteiger partial charge on any atom is 0.294 e. The van der Waals surface area contributed by atoms with Gasteiger partial charge in [0.25, 0.3) is 11.5 Å². The lowest BCUT2D eigenvalue weighted by Crippen LogP contribution is -2.15. The minimum Gasteiger partial charge on any atom is -0.489 e. The van der Waals surface area contributed by atoms with Crippen molar-refractivity contribution >= 4 is 28.3 Å². The second-order valence-electron chi connectivity index (χ2n) is 7.96. The quantitative estimate of drug-likeness (QED) is 0.381. The van der Waals surface area contributed by atoms with E-state index < -0.39 is 0 Å². The normalized spacial score (nSPS) is 11.1. The van der Waals surface area contributed by atoms with Crippen LogP contribution in [-0.4, -0.2) is 25.5 Å². The largest absolute Gasteiger partial charge is 0.489 e. The molecular weight excluding hydrogens is 430 g/mol. The van der Waals surface area contributed by atoms with Gasteiger partial charge in [-0.15, -0.1) is 10.2 Å². The van der Waals surface area contributed by atoms with Gasteiger partial charge in [0, 0.05) is 17.7 Å². The van der Waals surface area contributed by atoms with Gasteiger partial charge in [0.2, 0.25) is 5.65 Å². The molecule has 0 aliphatic heterocycles. The van der Waals surface area contributed by atoms with Crippen molar-refractivity contribution in [1.29, 1.82) is 0 Å². The van der Waals surface area contributed by atoms with Gasteiger partial charge in [0.1, 0.15) is 18.2 Å². The second-order valence-corrected chi connectivity index (χ2v) is 7.96. The molecule has 0 bridgehead atoms. The first-order chi connectivity index (χ1) is 16.6. The Morgan fingerprint density at radius 1 is 1.03 bits per heavy atom. The fourth-order valence-corrected chi connectivity index (χ4v) is 3.83. The van der Waals surface area contributed by atoms with Gasteiger partial charge in [-0.2, -0.15) is 0 Å². The topological polar surface area (TPSA) is 101 Å². The molecule has 0 aliphatic rings. The molecular formula is C26H23N5O3. The number of hydrogen-bond donors (Lipinski definition) is 2. The highest BCUT2D eigenvalue weighted by molar-refractivity contribution is 6.06.